The number of ether oxygens (including phenoxy) is 1. The fourth-order valence-corrected chi connectivity index (χ4v) is 3.29. The van der Waals surface area contributed by atoms with E-state index in [9.17, 15) is 0 Å². The Bertz CT molecular complexity index is 876. The summed E-state index contributed by atoms with van der Waals surface area (Å²) in [6.45, 7) is 5.36. The van der Waals surface area contributed by atoms with Crippen molar-refractivity contribution in [1.29, 1.82) is 0 Å². The van der Waals surface area contributed by atoms with Crippen molar-refractivity contribution in [2.24, 2.45) is 0 Å². The summed E-state index contributed by atoms with van der Waals surface area (Å²) in [7, 11) is 1.68. The van der Waals surface area contributed by atoms with E-state index < -0.39 is 0 Å². The monoisotopic (exact) mass is 408 g/mol. The van der Waals surface area contributed by atoms with Crippen LogP contribution >= 0.6 is 12.2 Å². The van der Waals surface area contributed by atoms with Crippen molar-refractivity contribution in [3.63, 3.8) is 0 Å². The summed E-state index contributed by atoms with van der Waals surface area (Å²) in [6.07, 6.45) is 6.63. The Kier molecular flexibility index (Phi) is 7.64. The zero-order valence-electron chi connectivity index (χ0n) is 17.0. The third-order valence-electron chi connectivity index (χ3n) is 4.79. The topological polar surface area (TPSA) is 42.3 Å². The highest BCUT2D eigenvalue weighted by atomic mass is 32.1. The summed E-state index contributed by atoms with van der Waals surface area (Å²) in [4.78, 5) is 6.33. The fraction of sp³-hybridized carbons (Fsp3) is 0.304. The second kappa shape index (κ2) is 10.6. The predicted octanol–water partition coefficient (Wildman–Crippen LogP) is 4.17. The number of hydrogen-bond acceptors (Lipinski definition) is 3. The number of benzene rings is 2. The average molecular weight is 409 g/mol. The lowest BCUT2D eigenvalue weighted by Gasteiger charge is -2.26. The Morgan fingerprint density at radius 1 is 1.10 bits per heavy atom. The lowest BCUT2D eigenvalue weighted by Crippen LogP contribution is -2.39. The number of methoxy groups -OCH3 is 1. The predicted molar refractivity (Wildman–Crippen MR) is 121 cm³/mol. The van der Waals surface area contributed by atoms with E-state index in [1.165, 1.54) is 16.7 Å². The standard InChI is InChI=1S/C23H28N4OS/c1-19-4-6-20(7-5-19)16-25-23(29)27(14-3-13-26-15-12-24-18-26)17-21-8-10-22(28-2)11-9-21/h4-12,15,18H,3,13-14,16-17H2,1-2H3,(H,25,29). The van der Waals surface area contributed by atoms with E-state index in [2.05, 4.69) is 63.1 Å². The van der Waals surface area contributed by atoms with Gasteiger partial charge in [0.15, 0.2) is 5.11 Å². The molecule has 0 atom stereocenters. The first-order valence-corrected chi connectivity index (χ1v) is 10.2. The second-order valence-electron chi connectivity index (χ2n) is 7.07. The summed E-state index contributed by atoms with van der Waals surface area (Å²) in [5.41, 5.74) is 3.69. The van der Waals surface area contributed by atoms with Crippen molar-refractivity contribution in [2.45, 2.75) is 33.0 Å². The van der Waals surface area contributed by atoms with Crippen molar-refractivity contribution in [1.82, 2.24) is 19.8 Å². The smallest absolute Gasteiger partial charge is 0.169 e. The van der Waals surface area contributed by atoms with E-state index in [0.717, 1.165) is 43.5 Å². The van der Waals surface area contributed by atoms with Gasteiger partial charge in [0.1, 0.15) is 5.75 Å². The molecule has 0 aliphatic carbocycles. The van der Waals surface area contributed by atoms with E-state index in [0.29, 0.717) is 0 Å². The molecule has 29 heavy (non-hydrogen) atoms. The maximum Gasteiger partial charge on any atom is 0.169 e. The molecular weight excluding hydrogens is 380 g/mol. The summed E-state index contributed by atoms with van der Waals surface area (Å²) < 4.78 is 7.35. The van der Waals surface area contributed by atoms with Crippen molar-refractivity contribution in [3.8, 4) is 5.75 Å². The van der Waals surface area contributed by atoms with Gasteiger partial charge >= 0.3 is 0 Å². The van der Waals surface area contributed by atoms with Crippen LogP contribution in [0.4, 0.5) is 0 Å². The number of imidazole rings is 1. The van der Waals surface area contributed by atoms with Gasteiger partial charge in [0.2, 0.25) is 0 Å². The van der Waals surface area contributed by atoms with Gasteiger partial charge < -0.3 is 19.5 Å². The molecule has 0 radical (unpaired) electrons. The van der Waals surface area contributed by atoms with Crippen molar-refractivity contribution < 1.29 is 4.74 Å². The van der Waals surface area contributed by atoms with E-state index in [1.54, 1.807) is 7.11 Å². The highest BCUT2D eigenvalue weighted by molar-refractivity contribution is 7.80. The average Bonchev–Trinajstić information content (AvgIpc) is 3.26. The number of hydrogen-bond donors (Lipinski definition) is 1. The first-order valence-electron chi connectivity index (χ1n) is 9.81. The normalized spacial score (nSPS) is 10.6. The minimum absolute atomic E-state index is 0.722. The summed E-state index contributed by atoms with van der Waals surface area (Å²) in [5.74, 6) is 0.862. The molecule has 1 N–H and O–H groups in total. The zero-order chi connectivity index (χ0) is 20.5. The summed E-state index contributed by atoms with van der Waals surface area (Å²) in [5, 5.41) is 4.19. The van der Waals surface area contributed by atoms with Crippen LogP contribution in [0.25, 0.3) is 0 Å². The summed E-state index contributed by atoms with van der Waals surface area (Å²) in [6, 6.07) is 16.7. The molecule has 3 aromatic rings. The molecule has 1 heterocycles. The maximum atomic E-state index is 5.73. The van der Waals surface area contributed by atoms with E-state index in [1.807, 2.05) is 30.9 Å². The number of nitrogens with one attached hydrogen (secondary N) is 1. The van der Waals surface area contributed by atoms with Gasteiger partial charge in [-0.25, -0.2) is 4.98 Å². The Hall–Kier alpha value is -2.86. The number of aromatic nitrogens is 2. The minimum Gasteiger partial charge on any atom is -0.497 e. The van der Waals surface area contributed by atoms with Gasteiger partial charge in [0.25, 0.3) is 0 Å². The fourth-order valence-electron chi connectivity index (χ4n) is 3.06. The zero-order valence-corrected chi connectivity index (χ0v) is 17.9. The van der Waals surface area contributed by atoms with Gasteiger partial charge in [-0.1, -0.05) is 42.0 Å². The Balaban J connectivity index is 1.60. The molecule has 0 saturated heterocycles. The molecule has 0 unspecified atom stereocenters. The van der Waals surface area contributed by atoms with Crippen molar-refractivity contribution in [2.75, 3.05) is 13.7 Å². The third-order valence-corrected chi connectivity index (χ3v) is 5.19. The van der Waals surface area contributed by atoms with Gasteiger partial charge in [0.05, 0.1) is 13.4 Å². The first kappa shape index (κ1) is 20.9. The molecule has 0 aliphatic heterocycles. The van der Waals surface area contributed by atoms with Crippen LogP contribution in [0.2, 0.25) is 0 Å². The van der Waals surface area contributed by atoms with Crippen molar-refractivity contribution in [3.05, 3.63) is 83.9 Å². The second-order valence-corrected chi connectivity index (χ2v) is 7.45. The maximum absolute atomic E-state index is 5.73. The summed E-state index contributed by atoms with van der Waals surface area (Å²) >= 11 is 5.73. The third kappa shape index (κ3) is 6.61. The van der Waals surface area contributed by atoms with Crippen LogP contribution in [0.5, 0.6) is 5.75 Å². The molecule has 0 spiro atoms. The Labute approximate surface area is 178 Å². The highest BCUT2D eigenvalue weighted by Gasteiger charge is 2.11. The van der Waals surface area contributed by atoms with Crippen LogP contribution in [0.3, 0.4) is 0 Å². The molecule has 0 amide bonds. The Morgan fingerprint density at radius 3 is 2.48 bits per heavy atom. The molecular formula is C23H28N4OS. The van der Waals surface area contributed by atoms with Crippen LogP contribution in [0.15, 0.2) is 67.3 Å². The van der Waals surface area contributed by atoms with Gasteiger partial charge in [-0.2, -0.15) is 0 Å². The van der Waals surface area contributed by atoms with Crippen LogP contribution < -0.4 is 10.1 Å². The number of rotatable bonds is 9. The van der Waals surface area contributed by atoms with Gasteiger partial charge in [-0.05, 0) is 48.8 Å². The molecule has 0 saturated carbocycles. The van der Waals surface area contributed by atoms with Crippen LogP contribution in [0.1, 0.15) is 23.1 Å². The lowest BCUT2D eigenvalue weighted by molar-refractivity contribution is 0.383. The molecule has 3 rings (SSSR count). The molecule has 0 aliphatic rings. The molecule has 152 valence electrons. The van der Waals surface area contributed by atoms with Gasteiger partial charge in [-0.15, -0.1) is 0 Å². The van der Waals surface area contributed by atoms with Crippen LogP contribution in [0, 0.1) is 6.92 Å². The van der Waals surface area contributed by atoms with Gasteiger partial charge in [-0.3, -0.25) is 0 Å². The molecule has 0 fully saturated rings. The lowest BCUT2D eigenvalue weighted by atomic mass is 10.1. The number of thiocarbonyl (C=S) groups is 1. The first-order chi connectivity index (χ1) is 14.1. The quantitative estimate of drug-likeness (QED) is 0.539. The largest absolute Gasteiger partial charge is 0.497 e. The highest BCUT2D eigenvalue weighted by Crippen LogP contribution is 2.14. The van der Waals surface area contributed by atoms with Gasteiger partial charge in [0, 0.05) is 38.6 Å². The molecule has 5 nitrogen and oxygen atoms in total. The number of nitrogens with zero attached hydrogens (tertiary/aromatic N) is 3. The molecule has 1 aromatic heterocycles. The van der Waals surface area contributed by atoms with E-state index >= 15 is 0 Å². The minimum atomic E-state index is 0.722. The van der Waals surface area contributed by atoms with Crippen LogP contribution in [-0.4, -0.2) is 33.2 Å². The van der Waals surface area contributed by atoms with Crippen molar-refractivity contribution >= 4 is 17.3 Å². The van der Waals surface area contributed by atoms with Crippen LogP contribution in [-0.2, 0) is 19.6 Å². The molecule has 0 bridgehead atoms. The van der Waals surface area contributed by atoms with E-state index in [4.69, 9.17) is 17.0 Å². The molecule has 2 aromatic carbocycles. The van der Waals surface area contributed by atoms with E-state index in [-0.39, 0.29) is 0 Å². The molecule has 6 heteroatoms. The Morgan fingerprint density at radius 2 is 1.83 bits per heavy atom. The number of aryl methyl sites for hydroxylation is 2. The SMILES string of the molecule is COc1ccc(CN(CCCn2ccnc2)C(=S)NCc2ccc(C)cc2)cc1.